The molecule has 33 heavy (non-hydrogen) atoms. The molecule has 2 aliphatic heterocycles. The third kappa shape index (κ3) is 3.38. The molecule has 0 amide bonds. The van der Waals surface area contributed by atoms with Crippen LogP contribution in [0.15, 0.2) is 36.4 Å². The molecule has 6 rings (SSSR count). The number of carbonyl (C=O) groups is 1. The van der Waals surface area contributed by atoms with E-state index < -0.39 is 18.3 Å². The lowest BCUT2D eigenvalue weighted by Crippen LogP contribution is -2.34. The minimum Gasteiger partial charge on any atom is -0.470 e. The highest BCUT2D eigenvalue weighted by Crippen LogP contribution is 2.48. The molecule has 2 aromatic carbocycles. The SMILES string of the molecule is O=Cc1c(O[C@@H]2CO[C@H]3[C@@H]2OC[C@H]3O)[nH]c2cc(Cl)c(-c3ccc(C4(CO)CC4)cc3)cc12. The molecule has 172 valence electrons. The van der Waals surface area contributed by atoms with Gasteiger partial charge >= 0.3 is 0 Å². The summed E-state index contributed by atoms with van der Waals surface area (Å²) in [5.41, 5.74) is 3.88. The maximum Gasteiger partial charge on any atom is 0.203 e. The largest absolute Gasteiger partial charge is 0.470 e. The van der Waals surface area contributed by atoms with E-state index in [0.29, 0.717) is 27.4 Å². The fourth-order valence-electron chi connectivity index (χ4n) is 5.03. The van der Waals surface area contributed by atoms with E-state index in [4.69, 9.17) is 25.8 Å². The molecule has 4 atom stereocenters. The van der Waals surface area contributed by atoms with Crippen molar-refractivity contribution in [2.24, 2.45) is 0 Å². The second-order valence-corrected chi connectivity index (χ2v) is 9.61. The van der Waals surface area contributed by atoms with Crippen molar-refractivity contribution < 1.29 is 29.2 Å². The van der Waals surface area contributed by atoms with Crippen LogP contribution in [-0.4, -0.2) is 65.7 Å². The van der Waals surface area contributed by atoms with Gasteiger partial charge in [0, 0.05) is 16.4 Å². The zero-order valence-electron chi connectivity index (χ0n) is 17.8. The summed E-state index contributed by atoms with van der Waals surface area (Å²) in [6.45, 7) is 0.638. The summed E-state index contributed by atoms with van der Waals surface area (Å²) in [7, 11) is 0. The number of aromatic amines is 1. The van der Waals surface area contributed by atoms with E-state index in [1.807, 2.05) is 30.3 Å². The van der Waals surface area contributed by atoms with Crippen molar-refractivity contribution in [3.8, 4) is 17.0 Å². The topological polar surface area (TPSA) is 101 Å². The highest BCUT2D eigenvalue weighted by molar-refractivity contribution is 6.34. The Kier molecular flexibility index (Phi) is 5.01. The molecule has 3 aliphatic rings. The van der Waals surface area contributed by atoms with Crippen LogP contribution in [0.3, 0.4) is 0 Å². The number of halogens is 1. The minimum absolute atomic E-state index is 0.0914. The van der Waals surface area contributed by atoms with Gasteiger partial charge in [-0.1, -0.05) is 35.9 Å². The standard InChI is InChI=1S/C25H24ClNO6/c26-18-8-19-16(7-15(18)13-1-3-14(4-2-13)25(12-29)5-6-25)17(9-28)24(27-19)33-21-11-32-22-20(30)10-31-23(21)22/h1-4,7-9,20-23,27,29-30H,5-6,10-12H2/t20-,21-,22-,23-/m1/s1. The number of hydrogen-bond donors (Lipinski definition) is 3. The van der Waals surface area contributed by atoms with E-state index in [2.05, 4.69) is 4.98 Å². The molecule has 0 spiro atoms. The summed E-state index contributed by atoms with van der Waals surface area (Å²) < 4.78 is 17.3. The van der Waals surface area contributed by atoms with Crippen molar-refractivity contribution in [1.29, 1.82) is 0 Å². The molecule has 1 saturated carbocycles. The van der Waals surface area contributed by atoms with Gasteiger partial charge in [-0.3, -0.25) is 4.79 Å². The van der Waals surface area contributed by atoms with Crippen LogP contribution in [0.25, 0.3) is 22.0 Å². The third-order valence-electron chi connectivity index (χ3n) is 7.22. The molecule has 0 bridgehead atoms. The average molecular weight is 470 g/mol. The molecule has 1 aliphatic carbocycles. The molecule has 3 fully saturated rings. The molecule has 0 unspecified atom stereocenters. The van der Waals surface area contributed by atoms with Gasteiger partial charge in [-0.15, -0.1) is 0 Å². The van der Waals surface area contributed by atoms with Crippen molar-refractivity contribution in [3.63, 3.8) is 0 Å². The Bertz CT molecular complexity index is 1220. The fourth-order valence-corrected chi connectivity index (χ4v) is 5.30. The van der Waals surface area contributed by atoms with Crippen LogP contribution in [0.2, 0.25) is 5.02 Å². The van der Waals surface area contributed by atoms with E-state index in [0.717, 1.165) is 35.8 Å². The first kappa shape index (κ1) is 21.1. The first-order chi connectivity index (χ1) is 16.0. The van der Waals surface area contributed by atoms with Crippen LogP contribution in [0, 0.1) is 0 Å². The number of carbonyl (C=O) groups excluding carboxylic acids is 1. The number of hydrogen-bond acceptors (Lipinski definition) is 6. The molecule has 0 radical (unpaired) electrons. The minimum atomic E-state index is -0.670. The smallest absolute Gasteiger partial charge is 0.203 e. The van der Waals surface area contributed by atoms with E-state index in [1.54, 1.807) is 6.07 Å². The van der Waals surface area contributed by atoms with Crippen LogP contribution in [0.4, 0.5) is 0 Å². The summed E-state index contributed by atoms with van der Waals surface area (Å²) in [6.07, 6.45) is 0.884. The van der Waals surface area contributed by atoms with Crippen LogP contribution in [-0.2, 0) is 14.9 Å². The lowest BCUT2D eigenvalue weighted by molar-refractivity contribution is 0.00784. The van der Waals surface area contributed by atoms with Gasteiger partial charge in [-0.2, -0.15) is 0 Å². The van der Waals surface area contributed by atoms with Crippen LogP contribution in [0.1, 0.15) is 28.8 Å². The first-order valence-corrected chi connectivity index (χ1v) is 11.5. The second kappa shape index (κ2) is 7.82. The number of nitrogens with one attached hydrogen (secondary N) is 1. The third-order valence-corrected chi connectivity index (χ3v) is 7.54. The van der Waals surface area contributed by atoms with Crippen LogP contribution in [0.5, 0.6) is 5.88 Å². The Morgan fingerprint density at radius 3 is 2.61 bits per heavy atom. The summed E-state index contributed by atoms with van der Waals surface area (Å²) in [5, 5.41) is 20.9. The number of fused-ring (bicyclic) bond motifs is 2. The Balaban J connectivity index is 1.33. The van der Waals surface area contributed by atoms with Crippen molar-refractivity contribution >= 4 is 28.8 Å². The Morgan fingerprint density at radius 2 is 1.91 bits per heavy atom. The normalized spacial score (nSPS) is 27.6. The van der Waals surface area contributed by atoms with Gasteiger partial charge in [0.25, 0.3) is 0 Å². The quantitative estimate of drug-likeness (QED) is 0.479. The lowest BCUT2D eigenvalue weighted by Gasteiger charge is -2.17. The first-order valence-electron chi connectivity index (χ1n) is 11.1. The van der Waals surface area contributed by atoms with Crippen LogP contribution < -0.4 is 4.74 Å². The predicted molar refractivity (Wildman–Crippen MR) is 122 cm³/mol. The summed E-state index contributed by atoms with van der Waals surface area (Å²) in [5.74, 6) is 0.335. The Morgan fingerprint density at radius 1 is 1.15 bits per heavy atom. The van der Waals surface area contributed by atoms with E-state index >= 15 is 0 Å². The van der Waals surface area contributed by atoms with Gasteiger partial charge in [0.15, 0.2) is 12.4 Å². The number of aliphatic hydroxyl groups is 2. The molecule has 3 aromatic rings. The number of aromatic nitrogens is 1. The highest BCUT2D eigenvalue weighted by atomic mass is 35.5. The summed E-state index contributed by atoms with van der Waals surface area (Å²) in [4.78, 5) is 15.2. The monoisotopic (exact) mass is 469 g/mol. The molecule has 1 aromatic heterocycles. The number of aldehydes is 1. The highest BCUT2D eigenvalue weighted by Gasteiger charge is 2.48. The van der Waals surface area contributed by atoms with Crippen molar-refractivity contribution in [3.05, 3.63) is 52.5 Å². The van der Waals surface area contributed by atoms with E-state index in [1.165, 1.54) is 0 Å². The summed E-state index contributed by atoms with van der Waals surface area (Å²) >= 11 is 6.61. The van der Waals surface area contributed by atoms with Gasteiger partial charge in [0.2, 0.25) is 5.88 Å². The molecule has 3 heterocycles. The Hall–Kier alpha value is -2.42. The number of H-pyrrole nitrogens is 1. The molecule has 3 N–H and O–H groups in total. The number of aliphatic hydroxyl groups excluding tert-OH is 2. The maximum absolute atomic E-state index is 12.0. The van der Waals surface area contributed by atoms with Crippen LogP contribution >= 0.6 is 11.6 Å². The maximum atomic E-state index is 12.0. The van der Waals surface area contributed by atoms with E-state index in [-0.39, 0.29) is 31.3 Å². The van der Waals surface area contributed by atoms with Crippen molar-refractivity contribution in [2.75, 3.05) is 19.8 Å². The summed E-state index contributed by atoms with van der Waals surface area (Å²) in [6, 6.07) is 11.8. The number of rotatable bonds is 6. The molecule has 7 nitrogen and oxygen atoms in total. The predicted octanol–water partition coefficient (Wildman–Crippen LogP) is 3.23. The average Bonchev–Trinajstić information content (AvgIpc) is 3.23. The van der Waals surface area contributed by atoms with Gasteiger partial charge < -0.3 is 29.4 Å². The van der Waals surface area contributed by atoms with Gasteiger partial charge in [0.05, 0.1) is 35.9 Å². The lowest BCUT2D eigenvalue weighted by atomic mass is 9.94. The second-order valence-electron chi connectivity index (χ2n) is 9.20. The van der Waals surface area contributed by atoms with Gasteiger partial charge in [0.1, 0.15) is 18.3 Å². The van der Waals surface area contributed by atoms with Crippen molar-refractivity contribution in [1.82, 2.24) is 4.98 Å². The number of benzene rings is 2. The van der Waals surface area contributed by atoms with E-state index in [9.17, 15) is 15.0 Å². The zero-order chi connectivity index (χ0) is 22.7. The molecule has 2 saturated heterocycles. The Labute approximate surface area is 195 Å². The number of ether oxygens (including phenoxy) is 3. The fraction of sp³-hybridized carbons (Fsp3) is 0.400. The molecule has 8 heteroatoms. The zero-order valence-corrected chi connectivity index (χ0v) is 18.5. The molecular formula is C25H24ClNO6. The van der Waals surface area contributed by atoms with Gasteiger partial charge in [-0.05, 0) is 36.1 Å². The van der Waals surface area contributed by atoms with Gasteiger partial charge in [-0.25, -0.2) is 0 Å². The van der Waals surface area contributed by atoms with Crippen molar-refractivity contribution in [2.45, 2.75) is 42.7 Å². The molecular weight excluding hydrogens is 446 g/mol.